The molecule has 0 fully saturated rings. The average Bonchev–Trinajstić information content (AvgIpc) is 2.16. The minimum atomic E-state index is -1.14. The molecule has 0 spiro atoms. The Kier molecular flexibility index (Phi) is 3.28. The first-order valence-corrected chi connectivity index (χ1v) is 3.68. The molecule has 0 aliphatic rings. The van der Waals surface area contributed by atoms with Crippen LogP contribution >= 0.6 is 0 Å². The van der Waals surface area contributed by atoms with Gasteiger partial charge in [-0.1, -0.05) is 5.11 Å². The molecule has 7 heteroatoms. The molecule has 0 aromatic carbocycles. The Morgan fingerprint density at radius 2 is 2.50 bits per heavy atom. The summed E-state index contributed by atoms with van der Waals surface area (Å²) in [6, 6.07) is 3.13. The summed E-state index contributed by atoms with van der Waals surface area (Å²) >= 11 is 0. The van der Waals surface area contributed by atoms with Gasteiger partial charge in [0, 0.05) is 10.6 Å². The Labute approximate surface area is 79.0 Å². The largest absolute Gasteiger partial charge is 0.465 e. The van der Waals surface area contributed by atoms with Crippen LogP contribution in [0.1, 0.15) is 5.69 Å². The number of nitrogens with zero attached hydrogens (tertiary/aromatic N) is 4. The van der Waals surface area contributed by atoms with E-state index < -0.39 is 6.09 Å². The summed E-state index contributed by atoms with van der Waals surface area (Å²) in [4.78, 5) is 16.7. The van der Waals surface area contributed by atoms with Crippen LogP contribution in [0.5, 0.6) is 0 Å². The number of pyridine rings is 1. The number of anilines is 1. The van der Waals surface area contributed by atoms with E-state index in [0.29, 0.717) is 11.4 Å². The summed E-state index contributed by atoms with van der Waals surface area (Å²) in [5.41, 5.74) is 9.00. The van der Waals surface area contributed by atoms with Crippen molar-refractivity contribution in [2.45, 2.75) is 6.54 Å². The number of aromatic nitrogens is 1. The molecule has 1 amide bonds. The summed E-state index contributed by atoms with van der Waals surface area (Å²) in [5.74, 6) is 0. The first kappa shape index (κ1) is 9.82. The number of hydrogen-bond donors (Lipinski definition) is 2. The zero-order valence-corrected chi connectivity index (χ0v) is 7.08. The monoisotopic (exact) mass is 193 g/mol. The van der Waals surface area contributed by atoms with Crippen molar-refractivity contribution < 1.29 is 9.90 Å². The highest BCUT2D eigenvalue weighted by Gasteiger charge is 1.97. The Morgan fingerprint density at radius 3 is 3.00 bits per heavy atom. The molecule has 1 aromatic rings. The van der Waals surface area contributed by atoms with E-state index in [9.17, 15) is 4.79 Å². The maximum atomic E-state index is 10.2. The van der Waals surface area contributed by atoms with Crippen molar-refractivity contribution in [3.05, 3.63) is 34.5 Å². The predicted molar refractivity (Wildman–Crippen MR) is 48.7 cm³/mol. The maximum Gasteiger partial charge on any atom is 0.409 e. The van der Waals surface area contributed by atoms with E-state index in [1.165, 1.54) is 6.20 Å². The SMILES string of the molecule is [N-]=[N+]=NCc1ccc(NC(=O)O)cn1. The van der Waals surface area contributed by atoms with Gasteiger partial charge in [0.05, 0.1) is 18.4 Å². The molecule has 0 saturated carbocycles. The van der Waals surface area contributed by atoms with E-state index in [1.54, 1.807) is 12.1 Å². The van der Waals surface area contributed by atoms with Crippen LogP contribution in [-0.2, 0) is 6.54 Å². The summed E-state index contributed by atoms with van der Waals surface area (Å²) in [5, 5.41) is 13.8. The van der Waals surface area contributed by atoms with Crippen LogP contribution in [0.15, 0.2) is 23.4 Å². The van der Waals surface area contributed by atoms with E-state index in [1.807, 2.05) is 0 Å². The standard InChI is InChI=1S/C7H7N5O2/c8-12-10-4-5-1-2-6(3-9-5)11-7(13)14/h1-3,11H,4H2,(H,13,14). The second kappa shape index (κ2) is 4.68. The van der Waals surface area contributed by atoms with Gasteiger partial charge in [-0.2, -0.15) is 0 Å². The van der Waals surface area contributed by atoms with Gasteiger partial charge in [0.15, 0.2) is 0 Å². The Morgan fingerprint density at radius 1 is 1.71 bits per heavy atom. The van der Waals surface area contributed by atoms with Gasteiger partial charge in [0.2, 0.25) is 0 Å². The van der Waals surface area contributed by atoms with Crippen molar-refractivity contribution in [3.63, 3.8) is 0 Å². The zero-order chi connectivity index (χ0) is 10.4. The fraction of sp³-hybridized carbons (Fsp3) is 0.143. The molecule has 72 valence electrons. The molecule has 1 heterocycles. The third kappa shape index (κ3) is 3.00. The third-order valence-electron chi connectivity index (χ3n) is 1.37. The van der Waals surface area contributed by atoms with Gasteiger partial charge >= 0.3 is 6.09 Å². The lowest BCUT2D eigenvalue weighted by atomic mass is 10.3. The number of carboxylic acid groups (broad SMARTS) is 1. The molecule has 14 heavy (non-hydrogen) atoms. The number of nitrogens with one attached hydrogen (secondary N) is 1. The Hall–Kier alpha value is -2.27. The van der Waals surface area contributed by atoms with Crippen molar-refractivity contribution in [2.24, 2.45) is 5.11 Å². The topological polar surface area (TPSA) is 111 Å². The molecule has 7 nitrogen and oxygen atoms in total. The molecule has 0 atom stereocenters. The lowest BCUT2D eigenvalue weighted by molar-refractivity contribution is 0.209. The normalized spacial score (nSPS) is 8.86. The van der Waals surface area contributed by atoms with Gasteiger partial charge < -0.3 is 5.11 Å². The Bertz CT molecular complexity index is 345. The fourth-order valence-electron chi connectivity index (χ4n) is 0.820. The van der Waals surface area contributed by atoms with Crippen LogP contribution in [0.25, 0.3) is 10.4 Å². The number of rotatable bonds is 3. The van der Waals surface area contributed by atoms with Crippen LogP contribution in [0.3, 0.4) is 0 Å². The highest BCUT2D eigenvalue weighted by atomic mass is 16.4. The molecular weight excluding hydrogens is 186 g/mol. The molecule has 0 aliphatic heterocycles. The van der Waals surface area contributed by atoms with Crippen LogP contribution in [0, 0.1) is 0 Å². The van der Waals surface area contributed by atoms with Gasteiger partial charge in [0.1, 0.15) is 0 Å². The Balaban J connectivity index is 2.68. The van der Waals surface area contributed by atoms with Crippen molar-refractivity contribution in [1.82, 2.24) is 4.98 Å². The predicted octanol–water partition coefficient (Wildman–Crippen LogP) is 1.98. The molecule has 0 unspecified atom stereocenters. The molecule has 0 aliphatic carbocycles. The van der Waals surface area contributed by atoms with Crippen LogP contribution in [-0.4, -0.2) is 16.2 Å². The van der Waals surface area contributed by atoms with Crippen molar-refractivity contribution in [2.75, 3.05) is 5.32 Å². The summed E-state index contributed by atoms with van der Waals surface area (Å²) in [6.07, 6.45) is 0.214. The van der Waals surface area contributed by atoms with Crippen molar-refractivity contribution >= 4 is 11.8 Å². The van der Waals surface area contributed by atoms with E-state index in [0.717, 1.165) is 0 Å². The van der Waals surface area contributed by atoms with Crippen LogP contribution in [0.4, 0.5) is 10.5 Å². The number of carbonyl (C=O) groups is 1. The second-order valence-electron chi connectivity index (χ2n) is 2.36. The summed E-state index contributed by atoms with van der Waals surface area (Å²) < 4.78 is 0. The van der Waals surface area contributed by atoms with Gasteiger partial charge in [-0.3, -0.25) is 10.3 Å². The first-order chi connectivity index (χ1) is 6.72. The summed E-state index contributed by atoms with van der Waals surface area (Å²) in [6.45, 7) is 0.157. The van der Waals surface area contributed by atoms with Gasteiger partial charge in [-0.05, 0) is 17.7 Å². The minimum absolute atomic E-state index is 0.157. The molecule has 0 bridgehead atoms. The zero-order valence-electron chi connectivity index (χ0n) is 7.08. The molecular formula is C7H7N5O2. The maximum absolute atomic E-state index is 10.2. The van der Waals surface area contributed by atoms with E-state index in [-0.39, 0.29) is 6.54 Å². The number of hydrogen-bond acceptors (Lipinski definition) is 3. The highest BCUT2D eigenvalue weighted by molar-refractivity contribution is 5.82. The number of azide groups is 1. The third-order valence-corrected chi connectivity index (χ3v) is 1.37. The molecule has 2 N–H and O–H groups in total. The minimum Gasteiger partial charge on any atom is -0.465 e. The highest BCUT2D eigenvalue weighted by Crippen LogP contribution is 2.06. The quantitative estimate of drug-likeness (QED) is 0.434. The molecule has 0 saturated heterocycles. The average molecular weight is 193 g/mol. The van der Waals surface area contributed by atoms with Gasteiger partial charge in [0.25, 0.3) is 0 Å². The smallest absolute Gasteiger partial charge is 0.409 e. The molecule has 0 radical (unpaired) electrons. The van der Waals surface area contributed by atoms with Crippen molar-refractivity contribution in [1.29, 1.82) is 0 Å². The second-order valence-corrected chi connectivity index (χ2v) is 2.36. The van der Waals surface area contributed by atoms with E-state index in [2.05, 4.69) is 20.3 Å². The van der Waals surface area contributed by atoms with Crippen molar-refractivity contribution in [3.8, 4) is 0 Å². The van der Waals surface area contributed by atoms with E-state index >= 15 is 0 Å². The van der Waals surface area contributed by atoms with Gasteiger partial charge in [-0.15, -0.1) is 0 Å². The van der Waals surface area contributed by atoms with E-state index in [4.69, 9.17) is 10.6 Å². The molecule has 1 rings (SSSR count). The van der Waals surface area contributed by atoms with Crippen LogP contribution in [0.2, 0.25) is 0 Å². The lowest BCUT2D eigenvalue weighted by Crippen LogP contribution is -2.07. The lowest BCUT2D eigenvalue weighted by Gasteiger charge is -2.00. The van der Waals surface area contributed by atoms with Gasteiger partial charge in [-0.25, -0.2) is 4.79 Å². The first-order valence-electron chi connectivity index (χ1n) is 3.68. The molecule has 1 aromatic heterocycles. The number of amides is 1. The summed E-state index contributed by atoms with van der Waals surface area (Å²) in [7, 11) is 0. The van der Waals surface area contributed by atoms with Crippen LogP contribution < -0.4 is 5.32 Å². The fourth-order valence-corrected chi connectivity index (χ4v) is 0.820.